The fraction of sp³-hybridized carbons (Fsp3) is 0.0714. The van der Waals surface area contributed by atoms with Crippen LogP contribution in [0.5, 0.6) is 0 Å². The molecule has 0 aliphatic carbocycles. The molecule has 16 heavy (non-hydrogen) atoms. The molecule has 0 saturated carbocycles. The number of nitrogens with zero attached hydrogens (tertiary/aromatic N) is 1. The standard InChI is InChI=1S/C14H12N2/c1-10-6-5-9-12-13(10)15-16-14(12)11-7-3-2-4-8-11/h2-9H,1H3,(H,15,16). The Hall–Kier alpha value is -2.09. The van der Waals surface area contributed by atoms with E-state index in [4.69, 9.17) is 0 Å². The summed E-state index contributed by atoms with van der Waals surface area (Å²) < 4.78 is 0. The Morgan fingerprint density at radius 3 is 2.56 bits per heavy atom. The van der Waals surface area contributed by atoms with E-state index in [1.165, 1.54) is 16.5 Å². The van der Waals surface area contributed by atoms with Crippen LogP contribution in [0.3, 0.4) is 0 Å². The molecule has 1 aromatic heterocycles. The zero-order valence-corrected chi connectivity index (χ0v) is 9.07. The van der Waals surface area contributed by atoms with Gasteiger partial charge in [-0.25, -0.2) is 0 Å². The normalized spacial score (nSPS) is 10.8. The number of aromatic amines is 1. The molecule has 2 aromatic carbocycles. The van der Waals surface area contributed by atoms with Gasteiger partial charge >= 0.3 is 0 Å². The van der Waals surface area contributed by atoms with Crippen molar-refractivity contribution in [1.82, 2.24) is 10.2 Å². The van der Waals surface area contributed by atoms with Crippen LogP contribution in [0, 0.1) is 6.92 Å². The number of H-pyrrole nitrogens is 1. The fourth-order valence-electron chi connectivity index (χ4n) is 2.01. The monoisotopic (exact) mass is 208 g/mol. The molecule has 0 spiro atoms. The second-order valence-corrected chi connectivity index (χ2v) is 3.94. The lowest BCUT2D eigenvalue weighted by Crippen LogP contribution is -1.77. The van der Waals surface area contributed by atoms with E-state index in [1.54, 1.807) is 0 Å². The molecule has 1 heterocycles. The van der Waals surface area contributed by atoms with E-state index >= 15 is 0 Å². The summed E-state index contributed by atoms with van der Waals surface area (Å²) in [6.07, 6.45) is 0. The van der Waals surface area contributed by atoms with Gasteiger partial charge in [-0.1, -0.05) is 48.5 Å². The molecule has 78 valence electrons. The number of aromatic nitrogens is 2. The van der Waals surface area contributed by atoms with E-state index in [2.05, 4.69) is 47.5 Å². The zero-order chi connectivity index (χ0) is 11.0. The summed E-state index contributed by atoms with van der Waals surface area (Å²) in [5.41, 5.74) is 4.53. The van der Waals surface area contributed by atoms with Gasteiger partial charge in [0.05, 0.1) is 11.2 Å². The SMILES string of the molecule is Cc1cccc2c(-c3ccccc3)[nH]nc12. The molecule has 2 heteroatoms. The predicted molar refractivity (Wildman–Crippen MR) is 66.3 cm³/mol. The average molecular weight is 208 g/mol. The van der Waals surface area contributed by atoms with Gasteiger partial charge in [0.15, 0.2) is 0 Å². The van der Waals surface area contributed by atoms with Crippen molar-refractivity contribution >= 4 is 10.9 Å². The van der Waals surface area contributed by atoms with E-state index in [1.807, 2.05) is 18.2 Å². The second kappa shape index (κ2) is 3.49. The van der Waals surface area contributed by atoms with Gasteiger partial charge in [-0.2, -0.15) is 5.10 Å². The van der Waals surface area contributed by atoms with Crippen LogP contribution in [0.1, 0.15) is 5.56 Å². The lowest BCUT2D eigenvalue weighted by molar-refractivity contribution is 1.12. The number of aryl methyl sites for hydroxylation is 1. The third-order valence-corrected chi connectivity index (χ3v) is 2.85. The quantitative estimate of drug-likeness (QED) is 0.651. The molecule has 2 nitrogen and oxygen atoms in total. The highest BCUT2D eigenvalue weighted by Crippen LogP contribution is 2.27. The first-order chi connectivity index (χ1) is 7.86. The molecule has 0 atom stereocenters. The first-order valence-corrected chi connectivity index (χ1v) is 5.35. The summed E-state index contributed by atoms with van der Waals surface area (Å²) in [7, 11) is 0. The lowest BCUT2D eigenvalue weighted by Gasteiger charge is -1.98. The Balaban J connectivity index is 2.30. The maximum Gasteiger partial charge on any atom is 0.0956 e. The minimum Gasteiger partial charge on any atom is -0.277 e. The van der Waals surface area contributed by atoms with Gasteiger partial charge in [-0.15, -0.1) is 0 Å². The minimum absolute atomic E-state index is 1.06. The molecular weight excluding hydrogens is 196 g/mol. The van der Waals surface area contributed by atoms with E-state index in [-0.39, 0.29) is 0 Å². The van der Waals surface area contributed by atoms with E-state index in [0.29, 0.717) is 0 Å². The summed E-state index contributed by atoms with van der Waals surface area (Å²) in [5.74, 6) is 0. The zero-order valence-electron chi connectivity index (χ0n) is 9.07. The predicted octanol–water partition coefficient (Wildman–Crippen LogP) is 3.54. The molecule has 0 aliphatic rings. The first-order valence-electron chi connectivity index (χ1n) is 5.35. The second-order valence-electron chi connectivity index (χ2n) is 3.94. The third kappa shape index (κ3) is 1.31. The summed E-state index contributed by atoms with van der Waals surface area (Å²) in [6, 6.07) is 16.5. The van der Waals surface area contributed by atoms with Crippen molar-refractivity contribution in [3.8, 4) is 11.3 Å². The summed E-state index contributed by atoms with van der Waals surface area (Å²) in [4.78, 5) is 0. The molecule has 0 bridgehead atoms. The highest BCUT2D eigenvalue weighted by atomic mass is 15.1. The van der Waals surface area contributed by atoms with Crippen molar-refractivity contribution in [2.45, 2.75) is 6.92 Å². The maximum absolute atomic E-state index is 4.37. The molecular formula is C14H12N2. The van der Waals surface area contributed by atoms with Crippen LogP contribution in [0.2, 0.25) is 0 Å². The number of hydrogen-bond donors (Lipinski definition) is 1. The number of hydrogen-bond acceptors (Lipinski definition) is 1. The number of nitrogens with one attached hydrogen (secondary N) is 1. The molecule has 3 rings (SSSR count). The fourth-order valence-corrected chi connectivity index (χ4v) is 2.01. The van der Waals surface area contributed by atoms with Crippen LogP contribution in [0.25, 0.3) is 22.2 Å². The molecule has 0 saturated heterocycles. The number of para-hydroxylation sites is 1. The Kier molecular flexibility index (Phi) is 2.00. The molecule has 3 aromatic rings. The molecule has 0 unspecified atom stereocenters. The van der Waals surface area contributed by atoms with Crippen LogP contribution in [-0.4, -0.2) is 10.2 Å². The summed E-state index contributed by atoms with van der Waals surface area (Å²) >= 11 is 0. The topological polar surface area (TPSA) is 28.7 Å². The van der Waals surface area contributed by atoms with Crippen LogP contribution in [-0.2, 0) is 0 Å². The summed E-state index contributed by atoms with van der Waals surface area (Å²) in [6.45, 7) is 2.08. The largest absolute Gasteiger partial charge is 0.277 e. The molecule has 0 amide bonds. The Bertz CT molecular complexity index is 624. The number of fused-ring (bicyclic) bond motifs is 1. The van der Waals surface area contributed by atoms with Gasteiger partial charge in [0.1, 0.15) is 0 Å². The van der Waals surface area contributed by atoms with E-state index in [0.717, 1.165) is 11.2 Å². The third-order valence-electron chi connectivity index (χ3n) is 2.85. The van der Waals surface area contributed by atoms with Gasteiger partial charge in [0, 0.05) is 10.9 Å². The van der Waals surface area contributed by atoms with Crippen molar-refractivity contribution in [1.29, 1.82) is 0 Å². The summed E-state index contributed by atoms with van der Waals surface area (Å²) in [5, 5.41) is 8.68. The maximum atomic E-state index is 4.37. The van der Waals surface area contributed by atoms with Gasteiger partial charge in [0.25, 0.3) is 0 Å². The Morgan fingerprint density at radius 1 is 0.938 bits per heavy atom. The van der Waals surface area contributed by atoms with E-state index in [9.17, 15) is 0 Å². The number of rotatable bonds is 1. The minimum atomic E-state index is 1.06. The van der Waals surface area contributed by atoms with Crippen molar-refractivity contribution < 1.29 is 0 Å². The van der Waals surface area contributed by atoms with E-state index < -0.39 is 0 Å². The molecule has 0 fully saturated rings. The van der Waals surface area contributed by atoms with Crippen LogP contribution in [0.4, 0.5) is 0 Å². The van der Waals surface area contributed by atoms with Gasteiger partial charge in [-0.3, -0.25) is 5.10 Å². The average Bonchev–Trinajstić information content (AvgIpc) is 2.75. The number of benzene rings is 2. The Morgan fingerprint density at radius 2 is 1.75 bits per heavy atom. The Labute approximate surface area is 93.9 Å². The van der Waals surface area contributed by atoms with Gasteiger partial charge in [-0.05, 0) is 12.5 Å². The van der Waals surface area contributed by atoms with Crippen molar-refractivity contribution in [3.63, 3.8) is 0 Å². The molecule has 0 radical (unpaired) electrons. The van der Waals surface area contributed by atoms with Gasteiger partial charge < -0.3 is 0 Å². The van der Waals surface area contributed by atoms with Crippen molar-refractivity contribution in [2.24, 2.45) is 0 Å². The van der Waals surface area contributed by atoms with Gasteiger partial charge in [0.2, 0.25) is 0 Å². The van der Waals surface area contributed by atoms with Crippen LogP contribution in [0.15, 0.2) is 48.5 Å². The smallest absolute Gasteiger partial charge is 0.0956 e. The van der Waals surface area contributed by atoms with Crippen LogP contribution >= 0.6 is 0 Å². The van der Waals surface area contributed by atoms with Crippen LogP contribution < -0.4 is 0 Å². The highest BCUT2D eigenvalue weighted by molar-refractivity contribution is 5.94. The highest BCUT2D eigenvalue weighted by Gasteiger charge is 2.07. The lowest BCUT2D eigenvalue weighted by atomic mass is 10.1. The first kappa shape index (κ1) is 9.16. The van der Waals surface area contributed by atoms with Crippen molar-refractivity contribution in [2.75, 3.05) is 0 Å². The van der Waals surface area contributed by atoms with Crippen molar-refractivity contribution in [3.05, 3.63) is 54.1 Å². The molecule has 1 N–H and O–H groups in total. The molecule has 0 aliphatic heterocycles.